The molecule has 2 rings (SSSR count). The fourth-order valence-corrected chi connectivity index (χ4v) is 2.49. The number of hydrogen-bond acceptors (Lipinski definition) is 3. The molecule has 4 nitrogen and oxygen atoms in total. The van der Waals surface area contributed by atoms with Crippen LogP contribution in [0.4, 0.5) is 0 Å². The van der Waals surface area contributed by atoms with E-state index in [1.165, 1.54) is 0 Å². The molecule has 0 saturated heterocycles. The number of aliphatic hydroxyl groups is 1. The van der Waals surface area contributed by atoms with Crippen LogP contribution in [0.5, 0.6) is 0 Å². The van der Waals surface area contributed by atoms with E-state index < -0.39 is 6.04 Å². The molecule has 0 radical (unpaired) electrons. The summed E-state index contributed by atoms with van der Waals surface area (Å²) in [5.74, 6) is -0.0924. The van der Waals surface area contributed by atoms with E-state index in [1.807, 2.05) is 30.3 Å². The zero-order valence-corrected chi connectivity index (χ0v) is 11.1. The highest BCUT2D eigenvalue weighted by Crippen LogP contribution is 2.18. The molecule has 0 aromatic heterocycles. The van der Waals surface area contributed by atoms with E-state index in [9.17, 15) is 9.90 Å². The smallest absolute Gasteiger partial charge is 0.237 e. The summed E-state index contributed by atoms with van der Waals surface area (Å²) in [5, 5.41) is 12.4. The third-order valence-electron chi connectivity index (χ3n) is 3.68. The Bertz CT molecular complexity index is 400. The van der Waals surface area contributed by atoms with Crippen LogP contribution in [0.1, 0.15) is 31.2 Å². The molecular weight excluding hydrogens is 240 g/mol. The quantitative estimate of drug-likeness (QED) is 0.757. The van der Waals surface area contributed by atoms with Crippen LogP contribution in [0, 0.1) is 0 Å². The van der Waals surface area contributed by atoms with Gasteiger partial charge in [0.15, 0.2) is 0 Å². The molecule has 0 aliphatic heterocycles. The van der Waals surface area contributed by atoms with Gasteiger partial charge in [-0.3, -0.25) is 4.79 Å². The van der Waals surface area contributed by atoms with Crippen LogP contribution in [0.2, 0.25) is 0 Å². The molecule has 0 spiro atoms. The fourth-order valence-electron chi connectivity index (χ4n) is 2.49. The van der Waals surface area contributed by atoms with Gasteiger partial charge in [-0.05, 0) is 37.7 Å². The summed E-state index contributed by atoms with van der Waals surface area (Å²) in [7, 11) is 0. The first-order chi connectivity index (χ1) is 9.15. The molecule has 1 amide bonds. The zero-order valence-electron chi connectivity index (χ0n) is 11.1. The minimum atomic E-state index is -0.505. The van der Waals surface area contributed by atoms with Crippen molar-refractivity contribution < 1.29 is 9.90 Å². The first kappa shape index (κ1) is 14.0. The highest BCUT2D eigenvalue weighted by atomic mass is 16.3. The minimum Gasteiger partial charge on any atom is -0.393 e. The van der Waals surface area contributed by atoms with E-state index in [2.05, 4.69) is 5.32 Å². The van der Waals surface area contributed by atoms with Crippen molar-refractivity contribution in [1.29, 1.82) is 0 Å². The Balaban J connectivity index is 1.79. The van der Waals surface area contributed by atoms with E-state index in [1.54, 1.807) is 0 Å². The van der Waals surface area contributed by atoms with Gasteiger partial charge in [-0.25, -0.2) is 0 Å². The molecule has 1 aliphatic rings. The SMILES string of the molecule is NC(Cc1ccccc1)C(=O)NC1CCC(O)CC1. The van der Waals surface area contributed by atoms with Gasteiger partial charge in [0.2, 0.25) is 5.91 Å². The van der Waals surface area contributed by atoms with E-state index in [0.29, 0.717) is 6.42 Å². The molecule has 1 aromatic rings. The summed E-state index contributed by atoms with van der Waals surface area (Å²) >= 11 is 0. The van der Waals surface area contributed by atoms with Gasteiger partial charge in [0.1, 0.15) is 0 Å². The van der Waals surface area contributed by atoms with Crippen molar-refractivity contribution in [3.05, 3.63) is 35.9 Å². The van der Waals surface area contributed by atoms with Crippen LogP contribution in [0.25, 0.3) is 0 Å². The Labute approximate surface area is 114 Å². The molecule has 0 bridgehead atoms. The van der Waals surface area contributed by atoms with Crippen molar-refractivity contribution in [1.82, 2.24) is 5.32 Å². The first-order valence-corrected chi connectivity index (χ1v) is 6.93. The maximum absolute atomic E-state index is 12.0. The summed E-state index contributed by atoms with van der Waals surface area (Å²) in [4.78, 5) is 12.0. The molecule has 104 valence electrons. The third kappa shape index (κ3) is 4.33. The largest absolute Gasteiger partial charge is 0.393 e. The van der Waals surface area contributed by atoms with Crippen molar-refractivity contribution in [2.24, 2.45) is 5.73 Å². The summed E-state index contributed by atoms with van der Waals surface area (Å²) in [6.07, 6.45) is 3.56. The number of aliphatic hydroxyl groups excluding tert-OH is 1. The fraction of sp³-hybridized carbons (Fsp3) is 0.533. The van der Waals surface area contributed by atoms with Crippen LogP contribution in [-0.2, 0) is 11.2 Å². The molecule has 1 aliphatic carbocycles. The number of carbonyl (C=O) groups excluding carboxylic acids is 1. The molecule has 4 N–H and O–H groups in total. The number of nitrogens with two attached hydrogens (primary N) is 1. The van der Waals surface area contributed by atoms with Gasteiger partial charge in [-0.2, -0.15) is 0 Å². The second kappa shape index (κ2) is 6.68. The maximum atomic E-state index is 12.0. The average Bonchev–Trinajstić information content (AvgIpc) is 2.42. The minimum absolute atomic E-state index is 0.0924. The Hall–Kier alpha value is -1.39. The monoisotopic (exact) mass is 262 g/mol. The number of nitrogens with one attached hydrogen (secondary N) is 1. The molecule has 4 heteroatoms. The van der Waals surface area contributed by atoms with E-state index in [4.69, 9.17) is 5.73 Å². The Kier molecular flexibility index (Phi) is 4.93. The lowest BCUT2D eigenvalue weighted by molar-refractivity contribution is -0.123. The normalized spacial score (nSPS) is 24.7. The standard InChI is InChI=1S/C15H22N2O2/c16-14(10-11-4-2-1-3-5-11)15(19)17-12-6-8-13(18)9-7-12/h1-5,12-14,18H,6-10,16H2,(H,17,19). The Morgan fingerprint density at radius 1 is 1.26 bits per heavy atom. The van der Waals surface area contributed by atoms with Gasteiger partial charge >= 0.3 is 0 Å². The molecule has 1 fully saturated rings. The van der Waals surface area contributed by atoms with Crippen molar-refractivity contribution in [3.8, 4) is 0 Å². The number of amides is 1. The first-order valence-electron chi connectivity index (χ1n) is 6.93. The number of hydrogen-bond donors (Lipinski definition) is 3. The molecular formula is C15H22N2O2. The topological polar surface area (TPSA) is 75.4 Å². The second-order valence-corrected chi connectivity index (χ2v) is 5.31. The lowest BCUT2D eigenvalue weighted by Gasteiger charge is -2.27. The van der Waals surface area contributed by atoms with Crippen molar-refractivity contribution in [2.45, 2.75) is 50.3 Å². The van der Waals surface area contributed by atoms with E-state index in [-0.39, 0.29) is 18.1 Å². The van der Waals surface area contributed by atoms with Gasteiger partial charge in [-0.15, -0.1) is 0 Å². The Morgan fingerprint density at radius 2 is 1.89 bits per heavy atom. The average molecular weight is 262 g/mol. The highest BCUT2D eigenvalue weighted by Gasteiger charge is 2.23. The van der Waals surface area contributed by atoms with Gasteiger partial charge in [0.25, 0.3) is 0 Å². The van der Waals surface area contributed by atoms with Crippen LogP contribution in [-0.4, -0.2) is 29.2 Å². The summed E-state index contributed by atoms with van der Waals surface area (Å²) in [6.45, 7) is 0. The van der Waals surface area contributed by atoms with Crippen LogP contribution >= 0.6 is 0 Å². The zero-order chi connectivity index (χ0) is 13.7. The lowest BCUT2D eigenvalue weighted by atomic mass is 9.93. The number of benzene rings is 1. The molecule has 19 heavy (non-hydrogen) atoms. The lowest BCUT2D eigenvalue weighted by Crippen LogP contribution is -2.47. The van der Waals surface area contributed by atoms with Gasteiger partial charge in [-0.1, -0.05) is 30.3 Å². The predicted octanol–water partition coefficient (Wildman–Crippen LogP) is 0.976. The van der Waals surface area contributed by atoms with Crippen LogP contribution < -0.4 is 11.1 Å². The number of carbonyl (C=O) groups is 1. The van der Waals surface area contributed by atoms with Crippen LogP contribution in [0.3, 0.4) is 0 Å². The van der Waals surface area contributed by atoms with Gasteiger partial charge in [0.05, 0.1) is 12.1 Å². The molecule has 1 atom stereocenters. The molecule has 0 heterocycles. The third-order valence-corrected chi connectivity index (χ3v) is 3.68. The molecule has 1 aromatic carbocycles. The van der Waals surface area contributed by atoms with Crippen LogP contribution in [0.15, 0.2) is 30.3 Å². The predicted molar refractivity (Wildman–Crippen MR) is 74.5 cm³/mol. The highest BCUT2D eigenvalue weighted by molar-refractivity contribution is 5.82. The summed E-state index contributed by atoms with van der Waals surface area (Å²) < 4.78 is 0. The molecule has 1 unspecified atom stereocenters. The van der Waals surface area contributed by atoms with E-state index in [0.717, 1.165) is 31.2 Å². The van der Waals surface area contributed by atoms with Gasteiger partial charge < -0.3 is 16.2 Å². The maximum Gasteiger partial charge on any atom is 0.237 e. The second-order valence-electron chi connectivity index (χ2n) is 5.31. The molecule has 1 saturated carbocycles. The number of rotatable bonds is 4. The van der Waals surface area contributed by atoms with Crippen molar-refractivity contribution >= 4 is 5.91 Å². The van der Waals surface area contributed by atoms with E-state index >= 15 is 0 Å². The van der Waals surface area contributed by atoms with Gasteiger partial charge in [0, 0.05) is 6.04 Å². The summed E-state index contributed by atoms with van der Waals surface area (Å²) in [6, 6.07) is 9.45. The van der Waals surface area contributed by atoms with Crippen molar-refractivity contribution in [2.75, 3.05) is 0 Å². The Morgan fingerprint density at radius 3 is 2.53 bits per heavy atom. The summed E-state index contributed by atoms with van der Waals surface area (Å²) in [5.41, 5.74) is 7.01. The van der Waals surface area contributed by atoms with Crippen molar-refractivity contribution in [3.63, 3.8) is 0 Å².